The molecule has 5 N–H and O–H groups in total. The quantitative estimate of drug-likeness (QED) is 0.242. The Bertz CT molecular complexity index is 607. The number of nitrogens with zero attached hydrogens (tertiary/aromatic N) is 4. The smallest absolute Gasteiger partial charge is 0.325 e. The minimum Gasteiger partial charge on any atom is -0.464 e. The summed E-state index contributed by atoms with van der Waals surface area (Å²) in [5, 5.41) is 2.37. The van der Waals surface area contributed by atoms with Gasteiger partial charge < -0.3 is 21.5 Å². The predicted octanol–water partition coefficient (Wildman–Crippen LogP) is 0.0187. The number of aromatic nitrogens is 3. The number of rotatable bonds is 13. The predicted molar refractivity (Wildman–Crippen MR) is 99.4 cm³/mol. The SMILES string of the molecule is CCCCCCCCOC(=O)CNC(=O)CN(C=O)c1nc(N)nc(N)n1. The molecule has 0 aliphatic carbocycles. The molecule has 11 heteroatoms. The van der Waals surface area contributed by atoms with Crippen LogP contribution in [-0.4, -0.2) is 52.9 Å². The van der Waals surface area contributed by atoms with Gasteiger partial charge in [-0.1, -0.05) is 39.0 Å². The minimum absolute atomic E-state index is 0.157. The molecule has 0 saturated carbocycles. The molecule has 0 aliphatic rings. The summed E-state index contributed by atoms with van der Waals surface area (Å²) in [6.07, 6.45) is 6.86. The zero-order valence-electron chi connectivity index (χ0n) is 15.5. The van der Waals surface area contributed by atoms with E-state index < -0.39 is 18.4 Å². The second-order valence-electron chi connectivity index (χ2n) is 5.85. The first-order valence-electron chi connectivity index (χ1n) is 8.87. The second-order valence-corrected chi connectivity index (χ2v) is 5.85. The number of anilines is 3. The Labute approximate surface area is 157 Å². The number of amides is 2. The number of hydrogen-bond donors (Lipinski definition) is 3. The lowest BCUT2D eigenvalue weighted by Crippen LogP contribution is -2.40. The molecule has 1 rings (SSSR count). The molecule has 0 fully saturated rings. The van der Waals surface area contributed by atoms with Crippen LogP contribution in [0, 0.1) is 0 Å². The van der Waals surface area contributed by atoms with Crippen molar-refractivity contribution < 1.29 is 19.1 Å². The molecule has 150 valence electrons. The first-order valence-corrected chi connectivity index (χ1v) is 8.87. The maximum Gasteiger partial charge on any atom is 0.325 e. The van der Waals surface area contributed by atoms with E-state index >= 15 is 0 Å². The van der Waals surface area contributed by atoms with Crippen molar-refractivity contribution >= 4 is 36.1 Å². The number of nitrogen functional groups attached to an aromatic ring is 2. The van der Waals surface area contributed by atoms with E-state index in [-0.39, 0.29) is 24.4 Å². The van der Waals surface area contributed by atoms with Crippen LogP contribution in [0.4, 0.5) is 17.8 Å². The number of carbonyl (C=O) groups excluding carboxylic acids is 3. The molecule has 11 nitrogen and oxygen atoms in total. The van der Waals surface area contributed by atoms with Gasteiger partial charge in [0.1, 0.15) is 13.1 Å². The monoisotopic (exact) mass is 381 g/mol. The molecule has 0 bridgehead atoms. The summed E-state index contributed by atoms with van der Waals surface area (Å²) >= 11 is 0. The van der Waals surface area contributed by atoms with Gasteiger partial charge in [-0.3, -0.25) is 19.3 Å². The average Bonchev–Trinajstić information content (AvgIpc) is 2.62. The second kappa shape index (κ2) is 12.4. The number of nitrogens with two attached hydrogens (primary N) is 2. The largest absolute Gasteiger partial charge is 0.464 e. The van der Waals surface area contributed by atoms with Crippen molar-refractivity contribution in [3.63, 3.8) is 0 Å². The Balaban J connectivity index is 2.28. The van der Waals surface area contributed by atoms with Crippen LogP contribution in [0.5, 0.6) is 0 Å². The third-order valence-electron chi connectivity index (χ3n) is 3.55. The van der Waals surface area contributed by atoms with Crippen LogP contribution >= 0.6 is 0 Å². The molecule has 1 aromatic rings. The van der Waals surface area contributed by atoms with E-state index in [1.807, 2.05) is 0 Å². The van der Waals surface area contributed by atoms with Gasteiger partial charge >= 0.3 is 5.97 Å². The van der Waals surface area contributed by atoms with Gasteiger partial charge in [-0.2, -0.15) is 15.0 Å². The Morgan fingerprint density at radius 2 is 1.70 bits per heavy atom. The van der Waals surface area contributed by atoms with Gasteiger partial charge in [0.15, 0.2) is 0 Å². The molecule has 0 atom stereocenters. The molecule has 0 radical (unpaired) electrons. The number of nitrogens with one attached hydrogen (secondary N) is 1. The zero-order valence-corrected chi connectivity index (χ0v) is 15.5. The molecule has 0 aromatic carbocycles. The molecule has 0 aliphatic heterocycles. The lowest BCUT2D eigenvalue weighted by Gasteiger charge is -2.15. The van der Waals surface area contributed by atoms with Gasteiger partial charge in [0, 0.05) is 0 Å². The fraction of sp³-hybridized carbons (Fsp3) is 0.625. The Morgan fingerprint density at radius 3 is 2.33 bits per heavy atom. The molecule has 0 saturated heterocycles. The maximum atomic E-state index is 11.9. The summed E-state index contributed by atoms with van der Waals surface area (Å²) in [7, 11) is 0. The van der Waals surface area contributed by atoms with Crippen molar-refractivity contribution in [3.05, 3.63) is 0 Å². The highest BCUT2D eigenvalue weighted by atomic mass is 16.5. The summed E-state index contributed by atoms with van der Waals surface area (Å²) in [4.78, 5) is 46.6. The van der Waals surface area contributed by atoms with Crippen LogP contribution in [0.25, 0.3) is 0 Å². The van der Waals surface area contributed by atoms with E-state index in [1.54, 1.807) is 0 Å². The molecule has 1 aromatic heterocycles. The molecule has 27 heavy (non-hydrogen) atoms. The summed E-state index contributed by atoms with van der Waals surface area (Å²) in [5.41, 5.74) is 10.9. The van der Waals surface area contributed by atoms with Crippen LogP contribution in [0.15, 0.2) is 0 Å². The van der Waals surface area contributed by atoms with E-state index in [0.29, 0.717) is 13.0 Å². The van der Waals surface area contributed by atoms with Crippen LogP contribution < -0.4 is 21.7 Å². The van der Waals surface area contributed by atoms with E-state index in [1.165, 1.54) is 19.3 Å². The highest BCUT2D eigenvalue weighted by Gasteiger charge is 2.16. The summed E-state index contributed by atoms with van der Waals surface area (Å²) in [5.74, 6) is -1.64. The van der Waals surface area contributed by atoms with Crippen LogP contribution in [0.3, 0.4) is 0 Å². The van der Waals surface area contributed by atoms with E-state index in [9.17, 15) is 14.4 Å². The molecular formula is C16H27N7O4. The summed E-state index contributed by atoms with van der Waals surface area (Å²) < 4.78 is 5.04. The fourth-order valence-electron chi connectivity index (χ4n) is 2.18. The van der Waals surface area contributed by atoms with Crippen molar-refractivity contribution in [2.75, 3.05) is 36.1 Å². The third-order valence-corrected chi connectivity index (χ3v) is 3.55. The van der Waals surface area contributed by atoms with E-state index in [4.69, 9.17) is 16.2 Å². The van der Waals surface area contributed by atoms with E-state index in [0.717, 1.165) is 24.2 Å². The number of hydrogen-bond acceptors (Lipinski definition) is 9. The summed E-state index contributed by atoms with van der Waals surface area (Å²) in [6.45, 7) is 1.78. The van der Waals surface area contributed by atoms with Gasteiger partial charge in [0.05, 0.1) is 6.61 Å². The molecular weight excluding hydrogens is 354 g/mol. The topological polar surface area (TPSA) is 166 Å². The molecule has 0 unspecified atom stereocenters. The first-order chi connectivity index (χ1) is 13.0. The Kier molecular flexibility index (Phi) is 10.1. The number of esters is 1. The highest BCUT2D eigenvalue weighted by molar-refractivity contribution is 5.89. The van der Waals surface area contributed by atoms with E-state index in [2.05, 4.69) is 27.2 Å². The third kappa shape index (κ3) is 9.33. The van der Waals surface area contributed by atoms with Gasteiger partial charge in [0.2, 0.25) is 30.2 Å². The summed E-state index contributed by atoms with van der Waals surface area (Å²) in [6, 6.07) is 0. The Hall–Kier alpha value is -2.98. The van der Waals surface area contributed by atoms with Crippen molar-refractivity contribution in [1.29, 1.82) is 0 Å². The maximum absolute atomic E-state index is 11.9. The lowest BCUT2D eigenvalue weighted by atomic mass is 10.1. The van der Waals surface area contributed by atoms with Gasteiger partial charge in [-0.15, -0.1) is 0 Å². The lowest BCUT2D eigenvalue weighted by molar-refractivity contribution is -0.143. The average molecular weight is 381 g/mol. The van der Waals surface area contributed by atoms with Gasteiger partial charge in [-0.25, -0.2) is 0 Å². The van der Waals surface area contributed by atoms with Crippen LogP contribution in [-0.2, 0) is 19.1 Å². The standard InChI is InChI=1S/C16H27N7O4/c1-2-3-4-5-6-7-8-27-13(26)9-19-12(25)10-23(11-24)16-21-14(17)20-15(18)22-16/h11H,2-10H2,1H3,(H,19,25)(H4,17,18,20,21,22). The van der Waals surface area contributed by atoms with Crippen molar-refractivity contribution in [1.82, 2.24) is 20.3 Å². The first kappa shape index (κ1) is 22.1. The van der Waals surface area contributed by atoms with Crippen molar-refractivity contribution in [2.24, 2.45) is 0 Å². The fourth-order valence-corrected chi connectivity index (χ4v) is 2.18. The van der Waals surface area contributed by atoms with Crippen molar-refractivity contribution in [3.8, 4) is 0 Å². The highest BCUT2D eigenvalue weighted by Crippen LogP contribution is 2.08. The van der Waals surface area contributed by atoms with Gasteiger partial charge in [-0.05, 0) is 6.42 Å². The number of unbranched alkanes of at least 4 members (excludes halogenated alkanes) is 5. The Morgan fingerprint density at radius 1 is 1.07 bits per heavy atom. The zero-order chi connectivity index (χ0) is 20.1. The normalized spacial score (nSPS) is 10.3. The van der Waals surface area contributed by atoms with Gasteiger partial charge in [0.25, 0.3) is 0 Å². The number of ether oxygens (including phenoxy) is 1. The minimum atomic E-state index is -0.587. The molecule has 1 heterocycles. The number of carbonyl (C=O) groups is 3. The molecule has 2 amide bonds. The van der Waals surface area contributed by atoms with Crippen molar-refractivity contribution in [2.45, 2.75) is 45.4 Å². The molecule has 0 spiro atoms. The van der Waals surface area contributed by atoms with Crippen LogP contribution in [0.2, 0.25) is 0 Å². The van der Waals surface area contributed by atoms with Crippen LogP contribution in [0.1, 0.15) is 45.4 Å².